The summed E-state index contributed by atoms with van der Waals surface area (Å²) in [6.45, 7) is 11.5. The maximum Gasteiger partial charge on any atom is 0.115 e. The molecule has 2 rings (SSSR count). The van der Waals surface area contributed by atoms with Gasteiger partial charge in [-0.3, -0.25) is 4.90 Å². The van der Waals surface area contributed by atoms with E-state index in [-0.39, 0.29) is 5.41 Å². The van der Waals surface area contributed by atoms with Crippen molar-refractivity contribution in [1.82, 2.24) is 4.90 Å². The highest BCUT2D eigenvalue weighted by molar-refractivity contribution is 5.34. The quantitative estimate of drug-likeness (QED) is 0.817. The van der Waals surface area contributed by atoms with E-state index in [9.17, 15) is 5.11 Å². The number of hydrogen-bond acceptors (Lipinski definition) is 2. The number of phenolic OH excluding ortho intramolecular Hbond substituents is 1. The summed E-state index contributed by atoms with van der Waals surface area (Å²) in [6, 6.07) is 7.82. The molecule has 0 unspecified atom stereocenters. The Bertz CT molecular complexity index is 441. The lowest BCUT2D eigenvalue weighted by Crippen LogP contribution is -2.32. The molecule has 0 spiro atoms. The molecule has 0 saturated carbocycles. The Hall–Kier alpha value is -1.28. The van der Waals surface area contributed by atoms with Crippen LogP contribution in [0, 0.1) is 5.92 Å². The van der Waals surface area contributed by atoms with Gasteiger partial charge in [-0.25, -0.2) is 0 Å². The van der Waals surface area contributed by atoms with Gasteiger partial charge < -0.3 is 5.11 Å². The molecule has 0 aliphatic carbocycles. The molecule has 0 amide bonds. The van der Waals surface area contributed by atoms with Gasteiger partial charge in [0.25, 0.3) is 0 Å². The van der Waals surface area contributed by atoms with Crippen molar-refractivity contribution < 1.29 is 5.11 Å². The molecule has 1 N–H and O–H groups in total. The topological polar surface area (TPSA) is 23.5 Å². The zero-order chi connectivity index (χ0) is 13.9. The maximum absolute atomic E-state index is 9.76. The molecular weight excluding hydrogens is 234 g/mol. The van der Waals surface area contributed by atoms with Crippen molar-refractivity contribution >= 4 is 0 Å². The zero-order valence-corrected chi connectivity index (χ0v) is 12.1. The molecule has 2 nitrogen and oxygen atoms in total. The lowest BCUT2D eigenvalue weighted by atomic mass is 9.73. The van der Waals surface area contributed by atoms with Gasteiger partial charge in [-0.05, 0) is 43.0 Å². The van der Waals surface area contributed by atoms with E-state index in [1.807, 2.05) is 18.2 Å². The molecule has 1 heterocycles. The molecule has 1 aromatic rings. The van der Waals surface area contributed by atoms with Crippen molar-refractivity contribution in [2.75, 3.05) is 19.6 Å². The van der Waals surface area contributed by atoms with Crippen molar-refractivity contribution in [3.8, 4) is 5.75 Å². The minimum atomic E-state index is 0.190. The van der Waals surface area contributed by atoms with Crippen LogP contribution >= 0.6 is 0 Å². The van der Waals surface area contributed by atoms with E-state index < -0.39 is 0 Å². The third kappa shape index (κ3) is 3.19. The van der Waals surface area contributed by atoms with Gasteiger partial charge in [0.2, 0.25) is 0 Å². The molecule has 2 heteroatoms. The number of phenols is 1. The van der Waals surface area contributed by atoms with E-state index in [0.29, 0.717) is 11.7 Å². The van der Waals surface area contributed by atoms with Crippen LogP contribution in [-0.2, 0) is 5.41 Å². The fourth-order valence-electron chi connectivity index (χ4n) is 3.43. The van der Waals surface area contributed by atoms with Gasteiger partial charge in [0, 0.05) is 18.5 Å². The first kappa shape index (κ1) is 14.1. The number of benzene rings is 1. The van der Waals surface area contributed by atoms with Gasteiger partial charge in [-0.2, -0.15) is 0 Å². The number of aromatic hydroxyl groups is 1. The van der Waals surface area contributed by atoms with E-state index in [0.717, 1.165) is 19.6 Å². The van der Waals surface area contributed by atoms with Crippen LogP contribution in [0.15, 0.2) is 36.9 Å². The Morgan fingerprint density at radius 1 is 1.47 bits per heavy atom. The van der Waals surface area contributed by atoms with Crippen LogP contribution in [0.1, 0.15) is 32.3 Å². The molecule has 1 saturated heterocycles. The fraction of sp³-hybridized carbons (Fsp3) is 0.529. The van der Waals surface area contributed by atoms with Crippen molar-refractivity contribution in [3.05, 3.63) is 42.5 Å². The predicted molar refractivity (Wildman–Crippen MR) is 80.5 cm³/mol. The van der Waals surface area contributed by atoms with Crippen LogP contribution in [0.3, 0.4) is 0 Å². The van der Waals surface area contributed by atoms with Crippen LogP contribution in [-0.4, -0.2) is 29.6 Å². The molecule has 19 heavy (non-hydrogen) atoms. The van der Waals surface area contributed by atoms with Gasteiger partial charge in [-0.1, -0.05) is 32.1 Å². The summed E-state index contributed by atoms with van der Waals surface area (Å²) in [4.78, 5) is 2.46. The average Bonchev–Trinajstić information content (AvgIpc) is 2.73. The van der Waals surface area contributed by atoms with Gasteiger partial charge in [0.1, 0.15) is 5.75 Å². The summed E-state index contributed by atoms with van der Waals surface area (Å²) < 4.78 is 0. The minimum absolute atomic E-state index is 0.190. The standard InChI is InChI=1S/C17H25NO/c1-4-9-18-10-8-17(13-18,12-14(2)3)15-6-5-7-16(19)11-15/h4-7,11,14,19H,1,8-10,12-13H2,2-3H3/t17-/m0/s1. The normalized spacial score (nSPS) is 23.9. The minimum Gasteiger partial charge on any atom is -0.508 e. The Morgan fingerprint density at radius 3 is 2.89 bits per heavy atom. The molecule has 1 aliphatic heterocycles. The highest BCUT2D eigenvalue weighted by atomic mass is 16.3. The first-order chi connectivity index (χ1) is 9.05. The third-order valence-corrected chi connectivity index (χ3v) is 4.08. The molecule has 104 valence electrons. The van der Waals surface area contributed by atoms with Gasteiger partial charge in [0.15, 0.2) is 0 Å². The molecular formula is C17H25NO. The lowest BCUT2D eigenvalue weighted by Gasteiger charge is -2.32. The summed E-state index contributed by atoms with van der Waals surface area (Å²) in [5, 5.41) is 9.76. The van der Waals surface area contributed by atoms with E-state index >= 15 is 0 Å². The van der Waals surface area contributed by atoms with E-state index in [1.54, 1.807) is 6.07 Å². The van der Waals surface area contributed by atoms with Crippen molar-refractivity contribution in [2.45, 2.75) is 32.1 Å². The molecule has 1 aromatic carbocycles. The number of likely N-dealkylation sites (tertiary alicyclic amines) is 1. The molecule has 1 fully saturated rings. The third-order valence-electron chi connectivity index (χ3n) is 4.08. The largest absolute Gasteiger partial charge is 0.508 e. The SMILES string of the molecule is C=CCN1CC[C@@](CC(C)C)(c2cccc(O)c2)C1. The van der Waals surface area contributed by atoms with E-state index in [4.69, 9.17) is 0 Å². The highest BCUT2D eigenvalue weighted by Gasteiger charge is 2.39. The first-order valence-corrected chi connectivity index (χ1v) is 7.18. The summed E-state index contributed by atoms with van der Waals surface area (Å²) >= 11 is 0. The van der Waals surface area contributed by atoms with Gasteiger partial charge in [-0.15, -0.1) is 6.58 Å². The second-order valence-electron chi connectivity index (χ2n) is 6.20. The van der Waals surface area contributed by atoms with E-state index in [1.165, 1.54) is 18.4 Å². The summed E-state index contributed by atoms with van der Waals surface area (Å²) in [7, 11) is 0. The Kier molecular flexibility index (Phi) is 4.31. The second kappa shape index (κ2) is 5.79. The summed E-state index contributed by atoms with van der Waals surface area (Å²) in [5.41, 5.74) is 1.48. The molecule has 1 atom stereocenters. The molecule has 1 aliphatic rings. The average molecular weight is 259 g/mol. The number of rotatable bonds is 5. The lowest BCUT2D eigenvalue weighted by molar-refractivity contribution is 0.305. The highest BCUT2D eigenvalue weighted by Crippen LogP contribution is 2.40. The molecule has 0 bridgehead atoms. The Balaban J connectivity index is 2.28. The molecule has 0 aromatic heterocycles. The van der Waals surface area contributed by atoms with Crippen LogP contribution in [0.25, 0.3) is 0 Å². The Labute approximate surface area is 116 Å². The van der Waals surface area contributed by atoms with Crippen LogP contribution in [0.5, 0.6) is 5.75 Å². The van der Waals surface area contributed by atoms with E-state index in [2.05, 4.69) is 31.4 Å². The fourth-order valence-corrected chi connectivity index (χ4v) is 3.43. The molecule has 0 radical (unpaired) electrons. The van der Waals surface area contributed by atoms with Gasteiger partial charge >= 0.3 is 0 Å². The first-order valence-electron chi connectivity index (χ1n) is 7.18. The maximum atomic E-state index is 9.76. The van der Waals surface area contributed by atoms with Crippen molar-refractivity contribution in [2.24, 2.45) is 5.92 Å². The summed E-state index contributed by atoms with van der Waals surface area (Å²) in [6.07, 6.45) is 4.32. The van der Waals surface area contributed by atoms with Gasteiger partial charge in [0.05, 0.1) is 0 Å². The van der Waals surface area contributed by atoms with Crippen LogP contribution < -0.4 is 0 Å². The van der Waals surface area contributed by atoms with Crippen molar-refractivity contribution in [1.29, 1.82) is 0 Å². The smallest absolute Gasteiger partial charge is 0.115 e. The number of hydrogen-bond donors (Lipinski definition) is 1. The predicted octanol–water partition coefficient (Wildman–Crippen LogP) is 3.57. The second-order valence-corrected chi connectivity index (χ2v) is 6.20. The summed E-state index contributed by atoms with van der Waals surface area (Å²) in [5.74, 6) is 1.04. The van der Waals surface area contributed by atoms with Crippen molar-refractivity contribution in [3.63, 3.8) is 0 Å². The zero-order valence-electron chi connectivity index (χ0n) is 12.1. The number of nitrogens with zero attached hydrogens (tertiary/aromatic N) is 1. The monoisotopic (exact) mass is 259 g/mol. The Morgan fingerprint density at radius 2 is 2.26 bits per heavy atom. The van der Waals surface area contributed by atoms with Crippen LogP contribution in [0.2, 0.25) is 0 Å². The van der Waals surface area contributed by atoms with Crippen LogP contribution in [0.4, 0.5) is 0 Å².